The van der Waals surface area contributed by atoms with Gasteiger partial charge in [0.1, 0.15) is 0 Å². The summed E-state index contributed by atoms with van der Waals surface area (Å²) >= 11 is 0.511. The third kappa shape index (κ3) is 5.04. The quantitative estimate of drug-likeness (QED) is 0.762. The number of nitrogens with one attached hydrogen (secondary N) is 1. The largest absolute Gasteiger partial charge is 0.481 e. The van der Waals surface area contributed by atoms with Crippen LogP contribution in [0.2, 0.25) is 0 Å². The van der Waals surface area contributed by atoms with E-state index < -0.39 is 17.2 Å². The minimum Gasteiger partial charge on any atom is -0.481 e. The minimum absolute atomic E-state index is 0.0603. The second-order valence-electron chi connectivity index (χ2n) is 2.94. The number of thioether (sulfide) groups is 2. The average Bonchev–Trinajstić information content (AvgIpc) is 2.56. The SMILES string of the molecule is O=C(O)CSc1n[nH]c(=O)n1CCSC(F)(F)F. The molecule has 1 aromatic heterocycles. The Bertz CT molecular complexity index is 470. The first-order valence-corrected chi connectivity index (χ1v) is 6.47. The number of alkyl halides is 3. The van der Waals surface area contributed by atoms with Gasteiger partial charge in [-0.1, -0.05) is 11.8 Å². The summed E-state index contributed by atoms with van der Waals surface area (Å²) in [5, 5.41) is 14.1. The molecule has 0 saturated carbocycles. The molecule has 0 bridgehead atoms. The van der Waals surface area contributed by atoms with Crippen molar-refractivity contribution >= 4 is 29.5 Å². The minimum atomic E-state index is -4.36. The number of aliphatic carboxylic acids is 1. The molecule has 0 aliphatic heterocycles. The van der Waals surface area contributed by atoms with Gasteiger partial charge in [0, 0.05) is 12.3 Å². The summed E-state index contributed by atoms with van der Waals surface area (Å²) in [7, 11) is 0. The van der Waals surface area contributed by atoms with Crippen LogP contribution in [0.4, 0.5) is 13.2 Å². The van der Waals surface area contributed by atoms with Crippen molar-refractivity contribution in [3.05, 3.63) is 10.5 Å². The molecule has 0 aliphatic rings. The summed E-state index contributed by atoms with van der Waals surface area (Å²) in [5.74, 6) is -1.77. The molecule has 1 rings (SSSR count). The van der Waals surface area contributed by atoms with Gasteiger partial charge in [0.15, 0.2) is 5.16 Å². The molecule has 0 saturated heterocycles. The summed E-state index contributed by atoms with van der Waals surface area (Å²) < 4.78 is 36.7. The molecule has 0 fully saturated rings. The van der Waals surface area contributed by atoms with Crippen LogP contribution in [0.3, 0.4) is 0 Å². The van der Waals surface area contributed by atoms with Crippen molar-refractivity contribution in [1.29, 1.82) is 0 Å². The zero-order valence-electron chi connectivity index (χ0n) is 8.73. The normalized spacial score (nSPS) is 11.7. The van der Waals surface area contributed by atoms with Crippen molar-refractivity contribution in [1.82, 2.24) is 14.8 Å². The van der Waals surface area contributed by atoms with Gasteiger partial charge in [0.05, 0.1) is 5.75 Å². The van der Waals surface area contributed by atoms with Crippen molar-refractivity contribution in [3.8, 4) is 0 Å². The fraction of sp³-hybridized carbons (Fsp3) is 0.571. The number of aromatic nitrogens is 3. The summed E-state index contributed by atoms with van der Waals surface area (Å²) in [5.41, 5.74) is -5.02. The van der Waals surface area contributed by atoms with Gasteiger partial charge < -0.3 is 5.11 Å². The summed E-state index contributed by atoms with van der Waals surface area (Å²) in [6.07, 6.45) is 0. The van der Waals surface area contributed by atoms with E-state index in [2.05, 4.69) is 10.2 Å². The van der Waals surface area contributed by atoms with Gasteiger partial charge in [-0.15, -0.1) is 5.10 Å². The molecule has 18 heavy (non-hydrogen) atoms. The van der Waals surface area contributed by atoms with Crippen LogP contribution in [0.5, 0.6) is 0 Å². The highest BCUT2D eigenvalue weighted by molar-refractivity contribution is 8.00. The summed E-state index contributed by atoms with van der Waals surface area (Å²) in [4.78, 5) is 21.6. The maximum atomic E-state index is 11.9. The summed E-state index contributed by atoms with van der Waals surface area (Å²) in [6, 6.07) is 0. The van der Waals surface area contributed by atoms with E-state index in [1.54, 1.807) is 0 Å². The summed E-state index contributed by atoms with van der Waals surface area (Å²) in [6.45, 7) is -0.193. The Kier molecular flexibility index (Phi) is 5.14. The van der Waals surface area contributed by atoms with Gasteiger partial charge in [-0.05, 0) is 11.8 Å². The lowest BCUT2D eigenvalue weighted by Gasteiger charge is -2.06. The number of aromatic amines is 1. The molecule has 0 unspecified atom stereocenters. The Morgan fingerprint density at radius 2 is 2.17 bits per heavy atom. The standard InChI is InChI=1S/C7H8F3N3O3S2/c8-7(9,10)18-2-1-13-5(16)11-12-6(13)17-3-4(14)15/h1-3H2,(H,11,16)(H,14,15). The van der Waals surface area contributed by atoms with Gasteiger partial charge in [-0.2, -0.15) is 13.2 Å². The lowest BCUT2D eigenvalue weighted by atomic mass is 10.7. The highest BCUT2D eigenvalue weighted by Gasteiger charge is 2.27. The van der Waals surface area contributed by atoms with Crippen LogP contribution in [-0.4, -0.2) is 42.9 Å². The fourth-order valence-electron chi connectivity index (χ4n) is 0.990. The van der Waals surface area contributed by atoms with Crippen molar-refractivity contribution in [2.45, 2.75) is 17.2 Å². The van der Waals surface area contributed by atoms with Crippen molar-refractivity contribution < 1.29 is 23.1 Å². The maximum absolute atomic E-state index is 11.9. The number of rotatable bonds is 6. The van der Waals surface area contributed by atoms with Crippen LogP contribution in [-0.2, 0) is 11.3 Å². The second kappa shape index (κ2) is 6.18. The number of nitrogens with zero attached hydrogens (tertiary/aromatic N) is 2. The fourth-order valence-corrected chi connectivity index (χ4v) is 2.19. The Labute approximate surface area is 107 Å². The Balaban J connectivity index is 2.61. The lowest BCUT2D eigenvalue weighted by Crippen LogP contribution is -2.20. The average molecular weight is 303 g/mol. The van der Waals surface area contributed by atoms with Gasteiger partial charge >= 0.3 is 17.2 Å². The Hall–Kier alpha value is -1.10. The molecule has 0 aliphatic carbocycles. The molecular weight excluding hydrogens is 295 g/mol. The Morgan fingerprint density at radius 3 is 2.72 bits per heavy atom. The molecule has 1 aromatic rings. The van der Waals surface area contributed by atoms with E-state index in [-0.39, 0.29) is 35.0 Å². The van der Waals surface area contributed by atoms with E-state index in [9.17, 15) is 22.8 Å². The van der Waals surface area contributed by atoms with E-state index >= 15 is 0 Å². The Morgan fingerprint density at radius 1 is 1.50 bits per heavy atom. The zero-order chi connectivity index (χ0) is 13.8. The van der Waals surface area contributed by atoms with Crippen LogP contribution in [0.25, 0.3) is 0 Å². The van der Waals surface area contributed by atoms with E-state index in [4.69, 9.17) is 5.11 Å². The zero-order valence-corrected chi connectivity index (χ0v) is 10.4. The first-order chi connectivity index (χ1) is 8.29. The molecular formula is C7H8F3N3O3S2. The number of carboxylic acid groups (broad SMARTS) is 1. The number of carboxylic acids is 1. The van der Waals surface area contributed by atoms with E-state index in [1.807, 2.05) is 0 Å². The lowest BCUT2D eigenvalue weighted by molar-refractivity contribution is -0.133. The molecule has 11 heteroatoms. The molecule has 0 radical (unpaired) electrons. The number of hydrogen-bond acceptors (Lipinski definition) is 5. The van der Waals surface area contributed by atoms with Crippen LogP contribution < -0.4 is 5.69 Å². The molecule has 6 nitrogen and oxygen atoms in total. The highest BCUT2D eigenvalue weighted by Crippen LogP contribution is 2.30. The van der Waals surface area contributed by atoms with Crippen LogP contribution in [0.15, 0.2) is 9.95 Å². The number of halogens is 3. The van der Waals surface area contributed by atoms with Crippen molar-refractivity contribution in [2.75, 3.05) is 11.5 Å². The van der Waals surface area contributed by atoms with E-state index in [1.165, 1.54) is 0 Å². The smallest absolute Gasteiger partial charge is 0.441 e. The van der Waals surface area contributed by atoms with E-state index in [0.717, 1.165) is 16.3 Å². The van der Waals surface area contributed by atoms with Crippen molar-refractivity contribution in [3.63, 3.8) is 0 Å². The van der Waals surface area contributed by atoms with Crippen LogP contribution >= 0.6 is 23.5 Å². The number of carbonyl (C=O) groups is 1. The molecule has 0 amide bonds. The second-order valence-corrected chi connectivity index (χ2v) is 5.04. The predicted molar refractivity (Wildman–Crippen MR) is 59.7 cm³/mol. The molecule has 102 valence electrons. The first kappa shape index (κ1) is 15.0. The predicted octanol–water partition coefficient (Wildman–Crippen LogP) is 1.00. The van der Waals surface area contributed by atoms with E-state index in [0.29, 0.717) is 0 Å². The molecule has 2 N–H and O–H groups in total. The monoisotopic (exact) mass is 303 g/mol. The van der Waals surface area contributed by atoms with Gasteiger partial charge in [-0.25, -0.2) is 9.89 Å². The molecule has 0 aromatic carbocycles. The van der Waals surface area contributed by atoms with Crippen molar-refractivity contribution in [2.24, 2.45) is 0 Å². The van der Waals surface area contributed by atoms with Crippen LogP contribution in [0, 0.1) is 0 Å². The maximum Gasteiger partial charge on any atom is 0.441 e. The first-order valence-electron chi connectivity index (χ1n) is 4.50. The molecule has 0 spiro atoms. The van der Waals surface area contributed by atoms with Gasteiger partial charge in [0.25, 0.3) is 0 Å². The third-order valence-corrected chi connectivity index (χ3v) is 3.30. The van der Waals surface area contributed by atoms with Crippen LogP contribution in [0.1, 0.15) is 0 Å². The highest BCUT2D eigenvalue weighted by atomic mass is 32.2. The molecule has 1 heterocycles. The topological polar surface area (TPSA) is 88.0 Å². The van der Waals surface area contributed by atoms with Gasteiger partial charge in [-0.3, -0.25) is 9.36 Å². The third-order valence-electron chi connectivity index (χ3n) is 1.63. The molecule has 0 atom stereocenters. The number of H-pyrrole nitrogens is 1. The number of hydrogen-bond donors (Lipinski definition) is 2. The van der Waals surface area contributed by atoms with Gasteiger partial charge in [0.2, 0.25) is 0 Å².